The number of aromatic nitrogens is 1. The summed E-state index contributed by atoms with van der Waals surface area (Å²) in [5.41, 5.74) is 5.39. The number of primary amides is 1. The Hall–Kier alpha value is -1.10. The predicted molar refractivity (Wildman–Crippen MR) is 70.7 cm³/mol. The standard InChI is InChI=1S/C12H16BrN3O/c1-8-4-5-9(11(14)17)7-16(8)12-10(13)3-2-6-15-12/h2-3,6,8-9H,4-5,7H2,1H3,(H2,14,17). The zero-order valence-electron chi connectivity index (χ0n) is 9.77. The van der Waals surface area contributed by atoms with E-state index in [4.69, 9.17) is 5.73 Å². The van der Waals surface area contributed by atoms with Gasteiger partial charge in [-0.25, -0.2) is 4.98 Å². The van der Waals surface area contributed by atoms with Gasteiger partial charge in [-0.1, -0.05) is 0 Å². The molecular weight excluding hydrogens is 282 g/mol. The zero-order chi connectivity index (χ0) is 12.4. The minimum Gasteiger partial charge on any atom is -0.369 e. The van der Waals surface area contributed by atoms with E-state index in [1.165, 1.54) is 0 Å². The zero-order valence-corrected chi connectivity index (χ0v) is 11.4. The fourth-order valence-corrected chi connectivity index (χ4v) is 2.71. The Kier molecular flexibility index (Phi) is 3.66. The van der Waals surface area contributed by atoms with E-state index >= 15 is 0 Å². The van der Waals surface area contributed by atoms with Crippen molar-refractivity contribution < 1.29 is 4.79 Å². The van der Waals surface area contributed by atoms with Crippen molar-refractivity contribution in [1.29, 1.82) is 0 Å². The molecule has 1 aromatic heterocycles. The smallest absolute Gasteiger partial charge is 0.222 e. The Balaban J connectivity index is 2.24. The van der Waals surface area contributed by atoms with E-state index in [2.05, 4.69) is 32.7 Å². The van der Waals surface area contributed by atoms with E-state index in [1.807, 2.05) is 12.1 Å². The first-order valence-corrected chi connectivity index (χ1v) is 6.55. The first-order valence-electron chi connectivity index (χ1n) is 5.76. The van der Waals surface area contributed by atoms with Gasteiger partial charge in [0.15, 0.2) is 0 Å². The van der Waals surface area contributed by atoms with Crippen LogP contribution in [0.1, 0.15) is 19.8 Å². The summed E-state index contributed by atoms with van der Waals surface area (Å²) < 4.78 is 0.956. The molecule has 17 heavy (non-hydrogen) atoms. The maximum Gasteiger partial charge on any atom is 0.222 e. The fourth-order valence-electron chi connectivity index (χ4n) is 2.22. The second-order valence-electron chi connectivity index (χ2n) is 4.49. The quantitative estimate of drug-likeness (QED) is 0.907. The molecule has 0 aromatic carbocycles. The highest BCUT2D eigenvalue weighted by atomic mass is 79.9. The lowest BCUT2D eigenvalue weighted by molar-refractivity contribution is -0.122. The second-order valence-corrected chi connectivity index (χ2v) is 5.34. The van der Waals surface area contributed by atoms with E-state index in [0.717, 1.165) is 23.1 Å². The van der Waals surface area contributed by atoms with Gasteiger partial charge < -0.3 is 10.6 Å². The molecule has 2 heterocycles. The van der Waals surface area contributed by atoms with Crippen molar-refractivity contribution in [3.8, 4) is 0 Å². The molecule has 0 bridgehead atoms. The summed E-state index contributed by atoms with van der Waals surface area (Å²) in [5.74, 6) is 0.611. The first kappa shape index (κ1) is 12.4. The highest BCUT2D eigenvalue weighted by molar-refractivity contribution is 9.10. The Bertz CT molecular complexity index is 424. The number of piperidine rings is 1. The summed E-state index contributed by atoms with van der Waals surface area (Å²) in [6, 6.07) is 4.23. The number of carbonyl (C=O) groups is 1. The average Bonchev–Trinajstić information content (AvgIpc) is 2.30. The summed E-state index contributed by atoms with van der Waals surface area (Å²) in [7, 11) is 0. The third-order valence-electron chi connectivity index (χ3n) is 3.30. The van der Waals surface area contributed by atoms with Gasteiger partial charge >= 0.3 is 0 Å². The molecule has 0 aliphatic carbocycles. The van der Waals surface area contributed by atoms with E-state index in [-0.39, 0.29) is 11.8 Å². The predicted octanol–water partition coefficient (Wildman–Crippen LogP) is 1.93. The van der Waals surface area contributed by atoms with Crippen LogP contribution in [0.2, 0.25) is 0 Å². The number of carbonyl (C=O) groups excluding carboxylic acids is 1. The Morgan fingerprint density at radius 3 is 3.00 bits per heavy atom. The van der Waals surface area contributed by atoms with Gasteiger partial charge in [0.1, 0.15) is 5.82 Å². The van der Waals surface area contributed by atoms with Crippen molar-refractivity contribution in [3.63, 3.8) is 0 Å². The van der Waals surface area contributed by atoms with Crippen molar-refractivity contribution in [2.45, 2.75) is 25.8 Å². The van der Waals surface area contributed by atoms with Gasteiger partial charge in [-0.05, 0) is 47.8 Å². The number of hydrogen-bond acceptors (Lipinski definition) is 3. The van der Waals surface area contributed by atoms with Crippen LogP contribution in [-0.2, 0) is 4.79 Å². The van der Waals surface area contributed by atoms with Crippen molar-refractivity contribution in [2.24, 2.45) is 11.7 Å². The number of halogens is 1. The normalized spacial score (nSPS) is 24.7. The first-order chi connectivity index (χ1) is 8.09. The number of pyridine rings is 1. The number of nitrogens with zero attached hydrogens (tertiary/aromatic N) is 2. The number of nitrogens with two attached hydrogens (primary N) is 1. The molecule has 92 valence electrons. The van der Waals surface area contributed by atoms with Gasteiger partial charge in [0.05, 0.1) is 10.4 Å². The molecule has 5 heteroatoms. The largest absolute Gasteiger partial charge is 0.369 e. The lowest BCUT2D eigenvalue weighted by Crippen LogP contribution is -2.46. The molecule has 2 unspecified atom stereocenters. The molecule has 1 aromatic rings. The molecule has 1 saturated heterocycles. The topological polar surface area (TPSA) is 59.2 Å². The lowest BCUT2D eigenvalue weighted by atomic mass is 9.93. The third-order valence-corrected chi connectivity index (χ3v) is 3.91. The average molecular weight is 298 g/mol. The molecule has 0 saturated carbocycles. The summed E-state index contributed by atoms with van der Waals surface area (Å²) in [6.45, 7) is 2.81. The van der Waals surface area contributed by atoms with Gasteiger partial charge in [0, 0.05) is 18.8 Å². The maximum atomic E-state index is 11.3. The van der Waals surface area contributed by atoms with Crippen LogP contribution < -0.4 is 10.6 Å². The van der Waals surface area contributed by atoms with E-state index < -0.39 is 0 Å². The molecule has 1 aliphatic heterocycles. The SMILES string of the molecule is CC1CCC(C(N)=O)CN1c1ncccc1Br. The minimum atomic E-state index is -0.214. The number of hydrogen-bond donors (Lipinski definition) is 1. The van der Waals surface area contributed by atoms with Crippen LogP contribution >= 0.6 is 15.9 Å². The number of anilines is 1. The molecule has 2 atom stereocenters. The van der Waals surface area contributed by atoms with Gasteiger partial charge in [-0.15, -0.1) is 0 Å². The molecular formula is C12H16BrN3O. The Labute approximate surface area is 109 Å². The van der Waals surface area contributed by atoms with Crippen LogP contribution in [0.4, 0.5) is 5.82 Å². The monoisotopic (exact) mass is 297 g/mol. The Morgan fingerprint density at radius 2 is 2.35 bits per heavy atom. The molecule has 2 N–H and O–H groups in total. The minimum absolute atomic E-state index is 0.0693. The van der Waals surface area contributed by atoms with Crippen LogP contribution in [0.3, 0.4) is 0 Å². The third kappa shape index (κ3) is 2.60. The number of rotatable bonds is 2. The lowest BCUT2D eigenvalue weighted by Gasteiger charge is -2.38. The van der Waals surface area contributed by atoms with Crippen LogP contribution in [-0.4, -0.2) is 23.5 Å². The molecule has 1 fully saturated rings. The summed E-state index contributed by atoms with van der Waals surface area (Å²) in [6.07, 6.45) is 3.61. The van der Waals surface area contributed by atoms with Gasteiger partial charge in [-0.2, -0.15) is 0 Å². The van der Waals surface area contributed by atoms with Crippen LogP contribution in [0.25, 0.3) is 0 Å². The second kappa shape index (κ2) is 5.04. The van der Waals surface area contributed by atoms with Crippen molar-refractivity contribution in [1.82, 2.24) is 4.98 Å². The van der Waals surface area contributed by atoms with E-state index in [9.17, 15) is 4.79 Å². The van der Waals surface area contributed by atoms with Gasteiger partial charge in [-0.3, -0.25) is 4.79 Å². The van der Waals surface area contributed by atoms with Crippen molar-refractivity contribution in [3.05, 3.63) is 22.8 Å². The highest BCUT2D eigenvalue weighted by Crippen LogP contribution is 2.30. The van der Waals surface area contributed by atoms with Crippen LogP contribution in [0.15, 0.2) is 22.8 Å². The molecule has 1 aliphatic rings. The van der Waals surface area contributed by atoms with Crippen LogP contribution in [0.5, 0.6) is 0 Å². The molecule has 0 radical (unpaired) electrons. The summed E-state index contributed by atoms with van der Waals surface area (Å²) in [5, 5.41) is 0. The van der Waals surface area contributed by atoms with Crippen LogP contribution in [0, 0.1) is 5.92 Å². The maximum absolute atomic E-state index is 11.3. The van der Waals surface area contributed by atoms with E-state index in [0.29, 0.717) is 12.6 Å². The highest BCUT2D eigenvalue weighted by Gasteiger charge is 2.30. The van der Waals surface area contributed by atoms with Gasteiger partial charge in [0.25, 0.3) is 0 Å². The Morgan fingerprint density at radius 1 is 1.59 bits per heavy atom. The summed E-state index contributed by atoms with van der Waals surface area (Å²) >= 11 is 3.50. The molecule has 4 nitrogen and oxygen atoms in total. The number of amides is 1. The van der Waals surface area contributed by atoms with Crippen molar-refractivity contribution >= 4 is 27.7 Å². The van der Waals surface area contributed by atoms with Gasteiger partial charge in [0.2, 0.25) is 5.91 Å². The molecule has 0 spiro atoms. The molecule has 1 amide bonds. The molecule has 2 rings (SSSR count). The van der Waals surface area contributed by atoms with Crippen molar-refractivity contribution in [2.75, 3.05) is 11.4 Å². The fraction of sp³-hybridized carbons (Fsp3) is 0.500. The van der Waals surface area contributed by atoms with E-state index in [1.54, 1.807) is 6.20 Å². The summed E-state index contributed by atoms with van der Waals surface area (Å²) in [4.78, 5) is 17.8.